The zero-order valence-corrected chi connectivity index (χ0v) is 19.7. The van der Waals surface area contributed by atoms with Crippen LogP contribution in [-0.4, -0.2) is 32.7 Å². The van der Waals surface area contributed by atoms with Crippen LogP contribution in [0.4, 0.5) is 4.39 Å². The average Bonchev–Trinajstić information content (AvgIpc) is 3.51. The van der Waals surface area contributed by atoms with E-state index >= 15 is 0 Å². The lowest BCUT2D eigenvalue weighted by Crippen LogP contribution is -2.37. The lowest BCUT2D eigenvalue weighted by atomic mass is 10.1. The number of fused-ring (bicyclic) bond motifs is 1. The predicted octanol–water partition coefficient (Wildman–Crippen LogP) is 6.83. The maximum Gasteiger partial charge on any atom is 0.157 e. The molecule has 0 saturated carbocycles. The molecule has 0 unspecified atom stereocenters. The smallest absolute Gasteiger partial charge is 0.157 e. The van der Waals surface area contributed by atoms with E-state index in [0.717, 1.165) is 40.7 Å². The first-order valence-electron chi connectivity index (χ1n) is 12.1. The maximum atomic E-state index is 14.2. The molecule has 7 heteroatoms. The molecule has 1 aliphatic heterocycles. The van der Waals surface area contributed by atoms with Crippen molar-refractivity contribution in [3.05, 3.63) is 102 Å². The highest BCUT2D eigenvalue weighted by Crippen LogP contribution is 2.35. The van der Waals surface area contributed by atoms with Crippen LogP contribution in [0.1, 0.15) is 18.4 Å². The normalized spacial score (nSPS) is 14.8. The number of hydrogen-bond acceptors (Lipinski definition) is 4. The third kappa shape index (κ3) is 4.46. The van der Waals surface area contributed by atoms with E-state index < -0.39 is 0 Å². The maximum absolute atomic E-state index is 14.2. The largest absolute Gasteiger partial charge is 0.633 e. The minimum absolute atomic E-state index is 0.255. The number of pyridine rings is 1. The fourth-order valence-electron chi connectivity index (χ4n) is 4.83. The molecule has 2 aromatic heterocycles. The van der Waals surface area contributed by atoms with E-state index in [-0.39, 0.29) is 10.5 Å². The van der Waals surface area contributed by atoms with E-state index in [1.54, 1.807) is 18.3 Å². The van der Waals surface area contributed by atoms with Crippen molar-refractivity contribution in [3.63, 3.8) is 0 Å². The van der Waals surface area contributed by atoms with Crippen molar-refractivity contribution in [3.8, 4) is 34.1 Å². The Bertz CT molecular complexity index is 1510. The fourth-order valence-corrected chi connectivity index (χ4v) is 4.83. The zero-order valence-electron chi connectivity index (χ0n) is 19.7. The van der Waals surface area contributed by atoms with Crippen LogP contribution in [0.25, 0.3) is 33.7 Å². The Labute approximate surface area is 208 Å². The molecule has 0 radical (unpaired) electrons. The molecule has 3 heterocycles. The van der Waals surface area contributed by atoms with Gasteiger partial charge in [0.15, 0.2) is 5.82 Å². The molecule has 0 aliphatic carbocycles. The van der Waals surface area contributed by atoms with Gasteiger partial charge in [-0.1, -0.05) is 36.4 Å². The van der Waals surface area contributed by atoms with Gasteiger partial charge in [0.2, 0.25) is 0 Å². The molecule has 0 amide bonds. The number of rotatable bonds is 6. The summed E-state index contributed by atoms with van der Waals surface area (Å²) in [7, 11) is 0. The number of hydroxylamine groups is 3. The third-order valence-electron chi connectivity index (χ3n) is 6.68. The number of halogens is 1. The first-order valence-corrected chi connectivity index (χ1v) is 12.1. The SMILES string of the molecule is [O-][N+]1(Cc2cc3[nH]c(-c4ccccn4)nc3cc2Oc2ccc(-c3ccccc3F)cc2)CCCC1. The third-order valence-corrected chi connectivity index (χ3v) is 6.68. The molecule has 0 bridgehead atoms. The number of nitrogens with one attached hydrogen (secondary N) is 1. The van der Waals surface area contributed by atoms with Crippen molar-refractivity contribution in [1.29, 1.82) is 0 Å². The highest BCUT2D eigenvalue weighted by atomic mass is 19.1. The first kappa shape index (κ1) is 22.4. The first-order chi connectivity index (χ1) is 17.6. The summed E-state index contributed by atoms with van der Waals surface area (Å²) < 4.78 is 20.2. The molecule has 6 nitrogen and oxygen atoms in total. The Balaban J connectivity index is 1.36. The van der Waals surface area contributed by atoms with Crippen molar-refractivity contribution in [2.75, 3.05) is 13.1 Å². The van der Waals surface area contributed by atoms with E-state index in [4.69, 9.17) is 9.72 Å². The molecule has 1 N–H and O–H groups in total. The van der Waals surface area contributed by atoms with E-state index in [0.29, 0.717) is 42.5 Å². The fraction of sp³-hybridized carbons (Fsp3) is 0.172. The number of aromatic amines is 1. The Kier molecular flexibility index (Phi) is 5.71. The van der Waals surface area contributed by atoms with Crippen LogP contribution in [-0.2, 0) is 6.54 Å². The molecule has 3 aromatic carbocycles. The Hall–Kier alpha value is -4.07. The molecular formula is C29H25FN4O2. The summed E-state index contributed by atoms with van der Waals surface area (Å²) in [4.78, 5) is 12.4. The molecule has 36 heavy (non-hydrogen) atoms. The number of benzene rings is 3. The highest BCUT2D eigenvalue weighted by molar-refractivity contribution is 5.81. The van der Waals surface area contributed by atoms with Gasteiger partial charge in [0.05, 0.1) is 29.7 Å². The van der Waals surface area contributed by atoms with Crippen molar-refractivity contribution in [1.82, 2.24) is 15.0 Å². The van der Waals surface area contributed by atoms with Crippen LogP contribution in [0, 0.1) is 11.0 Å². The van der Waals surface area contributed by atoms with Crippen molar-refractivity contribution < 1.29 is 13.8 Å². The number of aromatic nitrogens is 3. The summed E-state index contributed by atoms with van der Waals surface area (Å²) in [6, 6.07) is 23.5. The van der Waals surface area contributed by atoms with Gasteiger partial charge in [-0.2, -0.15) is 0 Å². The van der Waals surface area contributed by atoms with Crippen molar-refractivity contribution in [2.45, 2.75) is 19.4 Å². The van der Waals surface area contributed by atoms with Crippen molar-refractivity contribution in [2.24, 2.45) is 0 Å². The molecule has 1 aliphatic rings. The van der Waals surface area contributed by atoms with Gasteiger partial charge in [-0.15, -0.1) is 0 Å². The summed E-state index contributed by atoms with van der Waals surface area (Å²) in [6.07, 6.45) is 3.60. The Morgan fingerprint density at radius 1 is 0.944 bits per heavy atom. The molecule has 5 aromatic rings. The second kappa shape index (κ2) is 9.18. The van der Waals surface area contributed by atoms with Crippen molar-refractivity contribution >= 4 is 11.0 Å². The number of nitrogens with zero attached hydrogens (tertiary/aromatic N) is 3. The number of H-pyrrole nitrogens is 1. The van der Waals surface area contributed by atoms with E-state index in [1.165, 1.54) is 6.07 Å². The van der Waals surface area contributed by atoms with Gasteiger partial charge in [0, 0.05) is 30.7 Å². The van der Waals surface area contributed by atoms with Crippen LogP contribution < -0.4 is 4.74 Å². The number of quaternary nitrogens is 1. The average molecular weight is 481 g/mol. The number of ether oxygens (including phenoxy) is 1. The molecule has 0 atom stereocenters. The minimum Gasteiger partial charge on any atom is -0.633 e. The molecular weight excluding hydrogens is 455 g/mol. The van der Waals surface area contributed by atoms with Crippen LogP contribution in [0.2, 0.25) is 0 Å². The zero-order chi connectivity index (χ0) is 24.5. The van der Waals surface area contributed by atoms with E-state index in [2.05, 4.69) is 9.97 Å². The van der Waals surface area contributed by atoms with Gasteiger partial charge in [-0.05, 0) is 42.0 Å². The molecule has 1 fully saturated rings. The van der Waals surface area contributed by atoms with Gasteiger partial charge in [-0.3, -0.25) is 4.98 Å². The Morgan fingerprint density at radius 2 is 1.72 bits per heavy atom. The second-order valence-corrected chi connectivity index (χ2v) is 9.25. The summed E-state index contributed by atoms with van der Waals surface area (Å²) in [6.45, 7) is 1.55. The quantitative estimate of drug-likeness (QED) is 0.213. The van der Waals surface area contributed by atoms with Crippen LogP contribution >= 0.6 is 0 Å². The van der Waals surface area contributed by atoms with Gasteiger partial charge in [0.1, 0.15) is 29.6 Å². The molecule has 1 saturated heterocycles. The Morgan fingerprint density at radius 3 is 2.47 bits per heavy atom. The van der Waals surface area contributed by atoms with Gasteiger partial charge < -0.3 is 19.6 Å². The summed E-state index contributed by atoms with van der Waals surface area (Å²) in [5.74, 6) is 1.60. The summed E-state index contributed by atoms with van der Waals surface area (Å²) >= 11 is 0. The minimum atomic E-state index is -0.267. The molecule has 0 spiro atoms. The number of likely N-dealkylation sites (tertiary alicyclic amines) is 1. The van der Waals surface area contributed by atoms with Crippen LogP contribution in [0.3, 0.4) is 0 Å². The van der Waals surface area contributed by atoms with E-state index in [1.807, 2.05) is 60.7 Å². The monoisotopic (exact) mass is 480 g/mol. The molecule has 180 valence electrons. The standard InChI is InChI=1S/C29H25FN4O2/c30-24-8-2-1-7-23(24)20-10-12-22(13-11-20)36-28-18-27-26(17-21(28)19-34(35)15-5-6-16-34)32-29(33-27)25-9-3-4-14-31-25/h1-4,7-14,17-18H,5-6,15-16,19H2,(H,32,33). The summed E-state index contributed by atoms with van der Waals surface area (Å²) in [5.41, 5.74) is 4.44. The summed E-state index contributed by atoms with van der Waals surface area (Å²) in [5, 5.41) is 13.3. The lowest BCUT2D eigenvalue weighted by Gasteiger charge is -2.38. The second-order valence-electron chi connectivity index (χ2n) is 9.25. The van der Waals surface area contributed by atoms with E-state index in [9.17, 15) is 9.60 Å². The highest BCUT2D eigenvalue weighted by Gasteiger charge is 2.25. The number of imidazole rings is 1. The predicted molar refractivity (Wildman–Crippen MR) is 138 cm³/mol. The molecule has 6 rings (SSSR count). The van der Waals surface area contributed by atoms with Crippen LogP contribution in [0.5, 0.6) is 11.5 Å². The van der Waals surface area contributed by atoms with Gasteiger partial charge in [0.25, 0.3) is 0 Å². The topological polar surface area (TPSA) is 73.9 Å². The van der Waals surface area contributed by atoms with Gasteiger partial charge in [-0.25, -0.2) is 9.37 Å². The lowest BCUT2D eigenvalue weighted by molar-refractivity contribution is -0.881. The van der Waals surface area contributed by atoms with Gasteiger partial charge >= 0.3 is 0 Å². The number of hydrogen-bond donors (Lipinski definition) is 1. The van der Waals surface area contributed by atoms with Crippen LogP contribution in [0.15, 0.2) is 85.1 Å².